The van der Waals surface area contributed by atoms with Crippen molar-refractivity contribution in [2.24, 2.45) is 7.05 Å². The van der Waals surface area contributed by atoms with Crippen molar-refractivity contribution in [3.05, 3.63) is 42.1 Å². The Morgan fingerprint density at radius 3 is 2.72 bits per heavy atom. The van der Waals surface area contributed by atoms with E-state index in [4.69, 9.17) is 4.42 Å². The number of carbonyl (C=O) groups excluding carboxylic acids is 1. The molecule has 0 unspecified atom stereocenters. The van der Waals surface area contributed by atoms with Crippen molar-refractivity contribution in [2.75, 3.05) is 7.05 Å². The fourth-order valence-corrected chi connectivity index (χ4v) is 5.05. The van der Waals surface area contributed by atoms with Gasteiger partial charge in [-0.1, -0.05) is 12.8 Å². The van der Waals surface area contributed by atoms with E-state index >= 15 is 0 Å². The van der Waals surface area contributed by atoms with Crippen LogP contribution in [0.5, 0.6) is 0 Å². The second kappa shape index (κ2) is 7.05. The number of amides is 1. The van der Waals surface area contributed by atoms with Gasteiger partial charge in [-0.05, 0) is 31.0 Å². The van der Waals surface area contributed by atoms with Gasteiger partial charge in [-0.15, -0.1) is 0 Å². The predicted octanol–water partition coefficient (Wildman–Crippen LogP) is 2.11. The summed E-state index contributed by atoms with van der Waals surface area (Å²) in [6.07, 6.45) is 6.76. The summed E-state index contributed by atoms with van der Waals surface area (Å²) in [6.45, 7) is 0.199. The standard InChI is InChI=1S/C17H23N3O4S/c1-18-17(21)16-10-15(12-19(16)2)25(22,23)20(13-6-3-4-7-13)11-14-8-5-9-24-14/h5,8-10,12-13H,3-4,6-7,11H2,1-2H3,(H,18,21). The first kappa shape index (κ1) is 17.8. The summed E-state index contributed by atoms with van der Waals surface area (Å²) in [7, 11) is -0.550. The number of aryl methyl sites for hydroxylation is 1. The van der Waals surface area contributed by atoms with E-state index in [9.17, 15) is 13.2 Å². The van der Waals surface area contributed by atoms with Gasteiger partial charge in [-0.3, -0.25) is 4.79 Å². The molecule has 0 atom stereocenters. The average molecular weight is 365 g/mol. The number of sulfonamides is 1. The average Bonchev–Trinajstić information content (AvgIpc) is 3.33. The molecule has 0 saturated heterocycles. The highest BCUT2D eigenvalue weighted by Gasteiger charge is 2.35. The van der Waals surface area contributed by atoms with Gasteiger partial charge in [-0.25, -0.2) is 8.42 Å². The number of aromatic nitrogens is 1. The molecule has 1 saturated carbocycles. The van der Waals surface area contributed by atoms with Crippen molar-refractivity contribution in [1.29, 1.82) is 0 Å². The predicted molar refractivity (Wildman–Crippen MR) is 92.5 cm³/mol. The largest absolute Gasteiger partial charge is 0.468 e. The summed E-state index contributed by atoms with van der Waals surface area (Å²) >= 11 is 0. The summed E-state index contributed by atoms with van der Waals surface area (Å²) in [5, 5.41) is 2.52. The van der Waals surface area contributed by atoms with Crippen LogP contribution in [0.1, 0.15) is 41.9 Å². The summed E-state index contributed by atoms with van der Waals surface area (Å²) in [5.41, 5.74) is 0.311. The van der Waals surface area contributed by atoms with Crippen LogP contribution in [-0.2, 0) is 23.6 Å². The van der Waals surface area contributed by atoms with E-state index in [-0.39, 0.29) is 23.4 Å². The monoisotopic (exact) mass is 365 g/mol. The number of rotatable bonds is 6. The molecule has 1 fully saturated rings. The van der Waals surface area contributed by atoms with Crippen LogP contribution in [0.4, 0.5) is 0 Å². The molecule has 3 rings (SSSR count). The van der Waals surface area contributed by atoms with Gasteiger partial charge >= 0.3 is 0 Å². The highest BCUT2D eigenvalue weighted by Crippen LogP contribution is 2.31. The van der Waals surface area contributed by atoms with Gasteiger partial charge in [0.15, 0.2) is 0 Å². The Labute approximate surface area is 147 Å². The zero-order valence-electron chi connectivity index (χ0n) is 14.4. The van der Waals surface area contributed by atoms with Crippen molar-refractivity contribution in [3.63, 3.8) is 0 Å². The van der Waals surface area contributed by atoms with Gasteiger partial charge < -0.3 is 14.3 Å². The Balaban J connectivity index is 1.97. The number of nitrogens with one attached hydrogen (secondary N) is 1. The number of hydrogen-bond acceptors (Lipinski definition) is 4. The third-order valence-electron chi connectivity index (χ3n) is 4.67. The first-order valence-electron chi connectivity index (χ1n) is 8.36. The van der Waals surface area contributed by atoms with E-state index in [1.165, 1.54) is 28.2 Å². The minimum absolute atomic E-state index is 0.0428. The van der Waals surface area contributed by atoms with E-state index < -0.39 is 10.0 Å². The number of nitrogens with zero attached hydrogens (tertiary/aromatic N) is 2. The maximum absolute atomic E-state index is 13.3. The van der Waals surface area contributed by atoms with Gasteiger partial charge in [-0.2, -0.15) is 4.31 Å². The molecule has 0 aliphatic heterocycles. The fraction of sp³-hybridized carbons (Fsp3) is 0.471. The van der Waals surface area contributed by atoms with Crippen LogP contribution in [-0.4, -0.2) is 36.3 Å². The van der Waals surface area contributed by atoms with E-state index in [0.717, 1.165) is 25.7 Å². The fourth-order valence-electron chi connectivity index (χ4n) is 3.32. The van der Waals surface area contributed by atoms with E-state index in [2.05, 4.69) is 5.32 Å². The van der Waals surface area contributed by atoms with Gasteiger partial charge in [0.05, 0.1) is 12.8 Å². The molecule has 0 bridgehead atoms. The molecule has 0 spiro atoms. The molecule has 1 amide bonds. The second-order valence-corrected chi connectivity index (χ2v) is 8.21. The van der Waals surface area contributed by atoms with Crippen molar-refractivity contribution in [2.45, 2.75) is 43.2 Å². The number of furan rings is 1. The maximum atomic E-state index is 13.3. The Hall–Kier alpha value is -2.06. The lowest BCUT2D eigenvalue weighted by atomic mass is 10.2. The summed E-state index contributed by atoms with van der Waals surface area (Å²) in [4.78, 5) is 12.0. The molecular formula is C17H23N3O4S. The van der Waals surface area contributed by atoms with Crippen LogP contribution in [0.25, 0.3) is 0 Å². The molecule has 0 aromatic carbocycles. The summed E-state index contributed by atoms with van der Waals surface area (Å²) < 4.78 is 34.9. The first-order valence-corrected chi connectivity index (χ1v) is 9.80. The molecule has 136 valence electrons. The van der Waals surface area contributed by atoms with E-state index in [0.29, 0.717) is 11.5 Å². The highest BCUT2D eigenvalue weighted by molar-refractivity contribution is 7.89. The molecule has 25 heavy (non-hydrogen) atoms. The zero-order chi connectivity index (χ0) is 18.0. The van der Waals surface area contributed by atoms with Crippen molar-refractivity contribution < 1.29 is 17.6 Å². The summed E-state index contributed by atoms with van der Waals surface area (Å²) in [5.74, 6) is 0.292. The molecule has 1 aliphatic rings. The molecule has 0 radical (unpaired) electrons. The Morgan fingerprint density at radius 1 is 1.40 bits per heavy atom. The second-order valence-electron chi connectivity index (χ2n) is 6.32. The first-order chi connectivity index (χ1) is 11.9. The topological polar surface area (TPSA) is 84.6 Å². The van der Waals surface area contributed by atoms with Crippen molar-refractivity contribution in [3.8, 4) is 0 Å². The van der Waals surface area contributed by atoms with Gasteiger partial charge in [0, 0.05) is 26.3 Å². The maximum Gasteiger partial charge on any atom is 0.267 e. The Kier molecular flexibility index (Phi) is 5.01. The van der Waals surface area contributed by atoms with Crippen LogP contribution >= 0.6 is 0 Å². The lowest BCUT2D eigenvalue weighted by Crippen LogP contribution is -2.38. The molecule has 1 aliphatic carbocycles. The molecule has 2 aromatic rings. The zero-order valence-corrected chi connectivity index (χ0v) is 15.3. The normalized spacial score (nSPS) is 15.8. The molecular weight excluding hydrogens is 342 g/mol. The Bertz CT molecular complexity index is 833. The van der Waals surface area contributed by atoms with Gasteiger partial charge in [0.25, 0.3) is 5.91 Å². The lowest BCUT2D eigenvalue weighted by molar-refractivity contribution is 0.0955. The Morgan fingerprint density at radius 2 is 2.12 bits per heavy atom. The van der Waals surface area contributed by atoms with Gasteiger partial charge in [0.2, 0.25) is 10.0 Å². The smallest absolute Gasteiger partial charge is 0.267 e. The lowest BCUT2D eigenvalue weighted by Gasteiger charge is -2.26. The highest BCUT2D eigenvalue weighted by atomic mass is 32.2. The van der Waals surface area contributed by atoms with Crippen LogP contribution in [0.3, 0.4) is 0 Å². The van der Waals surface area contributed by atoms with Crippen molar-refractivity contribution in [1.82, 2.24) is 14.2 Å². The van der Waals surface area contributed by atoms with E-state index in [1.54, 1.807) is 25.4 Å². The minimum Gasteiger partial charge on any atom is -0.468 e. The minimum atomic E-state index is -3.73. The van der Waals surface area contributed by atoms with Crippen LogP contribution in [0.2, 0.25) is 0 Å². The molecule has 2 heterocycles. The van der Waals surface area contributed by atoms with Gasteiger partial charge in [0.1, 0.15) is 16.3 Å². The van der Waals surface area contributed by atoms with Crippen LogP contribution in [0.15, 0.2) is 40.0 Å². The third kappa shape index (κ3) is 3.50. The third-order valence-corrected chi connectivity index (χ3v) is 6.53. The van der Waals surface area contributed by atoms with E-state index in [1.807, 2.05) is 0 Å². The molecule has 2 aromatic heterocycles. The molecule has 8 heteroatoms. The van der Waals surface area contributed by atoms with Crippen molar-refractivity contribution >= 4 is 15.9 Å². The quantitative estimate of drug-likeness (QED) is 0.850. The SMILES string of the molecule is CNC(=O)c1cc(S(=O)(=O)N(Cc2ccco2)C2CCCC2)cn1C. The summed E-state index contributed by atoms with van der Waals surface area (Å²) in [6, 6.07) is 4.91. The molecule has 7 nitrogen and oxygen atoms in total. The van der Waals surface area contributed by atoms with Crippen LogP contribution < -0.4 is 5.32 Å². The van der Waals surface area contributed by atoms with Crippen LogP contribution in [0, 0.1) is 0 Å². The number of carbonyl (C=O) groups is 1. The molecule has 1 N–H and O–H groups in total. The number of hydrogen-bond donors (Lipinski definition) is 1.